The molecule has 0 N–H and O–H groups in total. The number of hydrogen-bond donors (Lipinski definition) is 0. The molecule has 0 aromatic carbocycles. The van der Waals surface area contributed by atoms with E-state index in [4.69, 9.17) is 16.3 Å². The minimum absolute atomic E-state index is 0.568. The summed E-state index contributed by atoms with van der Waals surface area (Å²) >= 11 is 7.74. The Morgan fingerprint density at radius 1 is 1.38 bits per heavy atom. The molecule has 0 saturated carbocycles. The van der Waals surface area contributed by atoms with Crippen molar-refractivity contribution < 1.29 is 4.74 Å². The third kappa shape index (κ3) is 3.92. The zero-order chi connectivity index (χ0) is 12.0. The molecule has 0 aliphatic carbocycles. The monoisotopic (exact) mass is 260 g/mol. The van der Waals surface area contributed by atoms with E-state index in [1.807, 2.05) is 6.92 Å². The number of thioether (sulfide) groups is 1. The van der Waals surface area contributed by atoms with Gasteiger partial charge in [-0.25, -0.2) is 9.97 Å². The second-order valence-electron chi connectivity index (χ2n) is 3.45. The number of aromatic nitrogens is 2. The van der Waals surface area contributed by atoms with E-state index in [0.29, 0.717) is 5.15 Å². The van der Waals surface area contributed by atoms with E-state index in [1.54, 1.807) is 18.9 Å². The Hall–Kier alpha value is -0.320. The molecule has 0 spiro atoms. The Morgan fingerprint density at radius 2 is 2.12 bits per heavy atom. The van der Waals surface area contributed by atoms with E-state index < -0.39 is 0 Å². The number of halogens is 1. The number of methoxy groups -OCH3 is 1. The van der Waals surface area contributed by atoms with Crippen molar-refractivity contribution in [2.45, 2.75) is 31.7 Å². The molecular formula is C11H17ClN2OS. The summed E-state index contributed by atoms with van der Waals surface area (Å²) in [5.74, 6) is 1.72. The van der Waals surface area contributed by atoms with Gasteiger partial charge >= 0.3 is 0 Å². The quantitative estimate of drug-likeness (QED) is 0.447. The predicted molar refractivity (Wildman–Crippen MR) is 68.4 cm³/mol. The minimum atomic E-state index is 0.568. The maximum atomic E-state index is 6.07. The van der Waals surface area contributed by atoms with E-state index in [-0.39, 0.29) is 0 Å². The summed E-state index contributed by atoms with van der Waals surface area (Å²) in [6.45, 7) is 4.77. The van der Waals surface area contributed by atoms with Crippen LogP contribution in [0.2, 0.25) is 5.15 Å². The Kier molecular flexibility index (Phi) is 6.09. The molecule has 0 aliphatic rings. The highest BCUT2D eigenvalue weighted by atomic mass is 35.5. The van der Waals surface area contributed by atoms with Gasteiger partial charge in [-0.05, 0) is 13.3 Å². The van der Waals surface area contributed by atoms with Gasteiger partial charge in [-0.2, -0.15) is 0 Å². The van der Waals surface area contributed by atoms with Crippen molar-refractivity contribution in [2.24, 2.45) is 0 Å². The van der Waals surface area contributed by atoms with Crippen LogP contribution in [0.15, 0.2) is 5.03 Å². The van der Waals surface area contributed by atoms with Crippen LogP contribution in [0, 0.1) is 6.92 Å². The van der Waals surface area contributed by atoms with Crippen LogP contribution < -0.4 is 0 Å². The highest BCUT2D eigenvalue weighted by molar-refractivity contribution is 7.99. The van der Waals surface area contributed by atoms with E-state index in [0.717, 1.165) is 41.6 Å². The Balaban J connectivity index is 2.79. The van der Waals surface area contributed by atoms with E-state index in [2.05, 4.69) is 16.9 Å². The van der Waals surface area contributed by atoms with Gasteiger partial charge in [-0.3, -0.25) is 0 Å². The van der Waals surface area contributed by atoms with Crippen molar-refractivity contribution in [3.8, 4) is 0 Å². The zero-order valence-corrected chi connectivity index (χ0v) is 11.5. The Morgan fingerprint density at radius 3 is 2.75 bits per heavy atom. The number of hydrogen-bond acceptors (Lipinski definition) is 4. The summed E-state index contributed by atoms with van der Waals surface area (Å²) in [5, 5.41) is 1.54. The van der Waals surface area contributed by atoms with Gasteiger partial charge in [0.15, 0.2) is 0 Å². The average Bonchev–Trinajstić information content (AvgIpc) is 2.25. The topological polar surface area (TPSA) is 35.0 Å². The summed E-state index contributed by atoms with van der Waals surface area (Å²) in [6, 6.07) is 0. The highest BCUT2D eigenvalue weighted by Gasteiger charge is 2.09. The van der Waals surface area contributed by atoms with Crippen LogP contribution in [0.3, 0.4) is 0 Å². The van der Waals surface area contributed by atoms with Crippen LogP contribution in [-0.4, -0.2) is 29.4 Å². The van der Waals surface area contributed by atoms with Gasteiger partial charge in [0.2, 0.25) is 0 Å². The summed E-state index contributed by atoms with van der Waals surface area (Å²) in [5.41, 5.74) is 0.961. The van der Waals surface area contributed by atoms with Crippen LogP contribution in [0.4, 0.5) is 0 Å². The van der Waals surface area contributed by atoms with Crippen LogP contribution in [0.1, 0.15) is 24.7 Å². The van der Waals surface area contributed by atoms with Crippen LogP contribution in [-0.2, 0) is 11.2 Å². The van der Waals surface area contributed by atoms with E-state index >= 15 is 0 Å². The van der Waals surface area contributed by atoms with E-state index in [9.17, 15) is 0 Å². The summed E-state index contributed by atoms with van der Waals surface area (Å²) < 4.78 is 5.01. The fraction of sp³-hybridized carbons (Fsp3) is 0.636. The molecular weight excluding hydrogens is 244 g/mol. The molecule has 0 unspecified atom stereocenters. The van der Waals surface area contributed by atoms with Crippen LogP contribution >= 0.6 is 23.4 Å². The van der Waals surface area contributed by atoms with Crippen molar-refractivity contribution in [3.63, 3.8) is 0 Å². The minimum Gasteiger partial charge on any atom is -0.384 e. The van der Waals surface area contributed by atoms with Crippen molar-refractivity contribution in [1.82, 2.24) is 9.97 Å². The Bertz CT molecular complexity index is 347. The molecule has 0 aliphatic heterocycles. The van der Waals surface area contributed by atoms with Crippen molar-refractivity contribution in [1.29, 1.82) is 0 Å². The molecule has 1 aromatic heterocycles. The first kappa shape index (κ1) is 13.7. The first-order chi connectivity index (χ1) is 7.69. The molecule has 0 atom stereocenters. The standard InChI is InChI=1S/C11H17ClN2OS/c1-4-5-9-13-10(12)8(2)11(14-9)16-7-6-15-3/h4-7H2,1-3H3. The van der Waals surface area contributed by atoms with Gasteiger partial charge in [0.1, 0.15) is 16.0 Å². The second-order valence-corrected chi connectivity index (χ2v) is 4.89. The lowest BCUT2D eigenvalue weighted by molar-refractivity contribution is 0.218. The molecule has 0 saturated heterocycles. The van der Waals surface area contributed by atoms with Gasteiger partial charge in [-0.1, -0.05) is 18.5 Å². The van der Waals surface area contributed by atoms with Gasteiger partial charge in [0.25, 0.3) is 0 Å². The summed E-state index contributed by atoms with van der Waals surface area (Å²) in [7, 11) is 1.70. The smallest absolute Gasteiger partial charge is 0.136 e. The lowest BCUT2D eigenvalue weighted by Crippen LogP contribution is -2.01. The number of nitrogens with zero attached hydrogens (tertiary/aromatic N) is 2. The number of aryl methyl sites for hydroxylation is 1. The third-order valence-electron chi connectivity index (χ3n) is 2.09. The molecule has 3 nitrogen and oxygen atoms in total. The molecule has 16 heavy (non-hydrogen) atoms. The van der Waals surface area contributed by atoms with Gasteiger partial charge < -0.3 is 4.74 Å². The van der Waals surface area contributed by atoms with Crippen molar-refractivity contribution in [3.05, 3.63) is 16.5 Å². The molecule has 1 rings (SSSR count). The zero-order valence-electron chi connectivity index (χ0n) is 9.92. The number of ether oxygens (including phenoxy) is 1. The lowest BCUT2D eigenvalue weighted by Gasteiger charge is -2.08. The molecule has 0 amide bonds. The maximum Gasteiger partial charge on any atom is 0.136 e. The first-order valence-electron chi connectivity index (χ1n) is 5.33. The molecule has 0 fully saturated rings. The first-order valence-corrected chi connectivity index (χ1v) is 6.70. The highest BCUT2D eigenvalue weighted by Crippen LogP contribution is 2.24. The lowest BCUT2D eigenvalue weighted by atomic mass is 10.3. The third-order valence-corrected chi connectivity index (χ3v) is 3.50. The predicted octanol–water partition coefficient (Wildman–Crippen LogP) is 3.13. The summed E-state index contributed by atoms with van der Waals surface area (Å²) in [6.07, 6.45) is 1.90. The van der Waals surface area contributed by atoms with Crippen molar-refractivity contribution >= 4 is 23.4 Å². The summed E-state index contributed by atoms with van der Waals surface area (Å²) in [4.78, 5) is 8.77. The maximum absolute atomic E-state index is 6.07. The molecule has 0 bridgehead atoms. The fourth-order valence-corrected chi connectivity index (χ4v) is 2.38. The largest absolute Gasteiger partial charge is 0.384 e. The fourth-order valence-electron chi connectivity index (χ4n) is 1.21. The van der Waals surface area contributed by atoms with E-state index in [1.165, 1.54) is 0 Å². The van der Waals surface area contributed by atoms with Gasteiger partial charge in [0.05, 0.1) is 6.61 Å². The molecule has 0 radical (unpaired) electrons. The molecule has 1 aromatic rings. The van der Waals surface area contributed by atoms with Crippen molar-refractivity contribution in [2.75, 3.05) is 19.5 Å². The second kappa shape index (κ2) is 7.09. The van der Waals surface area contributed by atoms with Crippen LogP contribution in [0.25, 0.3) is 0 Å². The SMILES string of the molecule is CCCc1nc(Cl)c(C)c(SCCOC)n1. The average molecular weight is 261 g/mol. The van der Waals surface area contributed by atoms with Crippen LogP contribution in [0.5, 0.6) is 0 Å². The van der Waals surface area contributed by atoms with Gasteiger partial charge in [0, 0.05) is 24.8 Å². The Labute approximate surface area is 106 Å². The van der Waals surface area contributed by atoms with Gasteiger partial charge in [-0.15, -0.1) is 11.8 Å². The molecule has 90 valence electrons. The number of rotatable bonds is 6. The molecule has 1 heterocycles. The molecule has 5 heteroatoms. The normalized spacial score (nSPS) is 10.8.